The Labute approximate surface area is 166 Å². The highest BCUT2D eigenvalue weighted by molar-refractivity contribution is 5.94. The normalized spacial score (nSPS) is 15.8. The van der Waals surface area contributed by atoms with Gasteiger partial charge in [0.1, 0.15) is 0 Å². The second-order valence-electron chi connectivity index (χ2n) is 7.32. The minimum atomic E-state index is -0.202. The molecular weight excluding hydrogens is 352 g/mol. The summed E-state index contributed by atoms with van der Waals surface area (Å²) in [7, 11) is 0. The van der Waals surface area contributed by atoms with Crippen LogP contribution in [0.1, 0.15) is 42.1 Å². The first kappa shape index (κ1) is 20.1. The van der Waals surface area contributed by atoms with Gasteiger partial charge >= 0.3 is 0 Å². The van der Waals surface area contributed by atoms with Gasteiger partial charge in [-0.2, -0.15) is 0 Å². The highest BCUT2D eigenvalue weighted by atomic mass is 16.5. The molecule has 3 rings (SSSR count). The second kappa shape index (κ2) is 10.0. The molecule has 5 heteroatoms. The zero-order valence-corrected chi connectivity index (χ0v) is 16.3. The summed E-state index contributed by atoms with van der Waals surface area (Å²) in [6.45, 7) is 3.89. The third-order valence-corrected chi connectivity index (χ3v) is 5.02. The SMILES string of the molecule is CC(CC(=O)N1CCC(OCc2ccccc2)CC1)NC(=O)c1ccccc1. The Morgan fingerprint density at radius 1 is 1.04 bits per heavy atom. The van der Waals surface area contributed by atoms with Crippen molar-refractivity contribution in [2.45, 2.75) is 44.9 Å². The van der Waals surface area contributed by atoms with Gasteiger partial charge in [0, 0.05) is 31.1 Å². The van der Waals surface area contributed by atoms with E-state index in [9.17, 15) is 9.59 Å². The molecule has 1 fully saturated rings. The van der Waals surface area contributed by atoms with E-state index >= 15 is 0 Å². The summed E-state index contributed by atoms with van der Waals surface area (Å²) >= 11 is 0. The van der Waals surface area contributed by atoms with Crippen LogP contribution in [0.15, 0.2) is 60.7 Å². The molecule has 0 spiro atoms. The second-order valence-corrected chi connectivity index (χ2v) is 7.32. The van der Waals surface area contributed by atoms with Crippen LogP contribution in [0, 0.1) is 0 Å². The summed E-state index contributed by atoms with van der Waals surface area (Å²) in [5.41, 5.74) is 1.78. The molecule has 0 radical (unpaired) electrons. The van der Waals surface area contributed by atoms with Gasteiger partial charge < -0.3 is 15.0 Å². The maximum Gasteiger partial charge on any atom is 0.251 e. The number of hydrogen-bond acceptors (Lipinski definition) is 3. The molecule has 0 aromatic heterocycles. The largest absolute Gasteiger partial charge is 0.373 e. The van der Waals surface area contributed by atoms with E-state index < -0.39 is 0 Å². The van der Waals surface area contributed by atoms with Gasteiger partial charge in [0.05, 0.1) is 12.7 Å². The van der Waals surface area contributed by atoms with Crippen molar-refractivity contribution in [3.63, 3.8) is 0 Å². The van der Waals surface area contributed by atoms with E-state index in [1.165, 1.54) is 5.56 Å². The molecule has 2 amide bonds. The molecule has 1 aliphatic heterocycles. The van der Waals surface area contributed by atoms with E-state index in [1.54, 1.807) is 12.1 Å². The van der Waals surface area contributed by atoms with E-state index in [0.29, 0.717) is 31.7 Å². The lowest BCUT2D eigenvalue weighted by atomic mass is 10.1. The monoisotopic (exact) mass is 380 g/mol. The maximum atomic E-state index is 12.5. The van der Waals surface area contributed by atoms with Crippen LogP contribution < -0.4 is 5.32 Å². The van der Waals surface area contributed by atoms with Gasteiger partial charge in [-0.25, -0.2) is 0 Å². The summed E-state index contributed by atoms with van der Waals surface area (Å²) in [6.07, 6.45) is 2.21. The predicted molar refractivity (Wildman–Crippen MR) is 109 cm³/mol. The topological polar surface area (TPSA) is 58.6 Å². The summed E-state index contributed by atoms with van der Waals surface area (Å²) in [5.74, 6) is -0.0590. The number of amides is 2. The Balaban J connectivity index is 1.38. The third kappa shape index (κ3) is 5.92. The predicted octanol–water partition coefficient (Wildman–Crippen LogP) is 3.40. The van der Waals surface area contributed by atoms with E-state index in [1.807, 2.05) is 48.2 Å². The van der Waals surface area contributed by atoms with Crippen molar-refractivity contribution in [2.75, 3.05) is 13.1 Å². The molecule has 5 nitrogen and oxygen atoms in total. The van der Waals surface area contributed by atoms with Crippen LogP contribution in [0.4, 0.5) is 0 Å². The van der Waals surface area contributed by atoms with Crippen molar-refractivity contribution in [3.8, 4) is 0 Å². The van der Waals surface area contributed by atoms with Crippen LogP contribution in [0.2, 0.25) is 0 Å². The number of likely N-dealkylation sites (tertiary alicyclic amines) is 1. The number of nitrogens with one attached hydrogen (secondary N) is 1. The minimum absolute atomic E-state index is 0.0855. The minimum Gasteiger partial charge on any atom is -0.373 e. The molecule has 28 heavy (non-hydrogen) atoms. The number of benzene rings is 2. The van der Waals surface area contributed by atoms with Crippen molar-refractivity contribution in [3.05, 3.63) is 71.8 Å². The number of carbonyl (C=O) groups excluding carboxylic acids is 2. The highest BCUT2D eigenvalue weighted by Crippen LogP contribution is 2.17. The number of rotatable bonds is 7. The third-order valence-electron chi connectivity index (χ3n) is 5.02. The van der Waals surface area contributed by atoms with Gasteiger partial charge in [-0.1, -0.05) is 48.5 Å². The van der Waals surface area contributed by atoms with Gasteiger partial charge in [-0.05, 0) is 37.5 Å². The summed E-state index contributed by atoms with van der Waals surface area (Å²) in [4.78, 5) is 26.6. The van der Waals surface area contributed by atoms with Crippen molar-refractivity contribution in [2.24, 2.45) is 0 Å². The Morgan fingerprint density at radius 3 is 2.29 bits per heavy atom. The summed E-state index contributed by atoms with van der Waals surface area (Å²) in [5, 5.41) is 2.90. The highest BCUT2D eigenvalue weighted by Gasteiger charge is 2.24. The van der Waals surface area contributed by atoms with Gasteiger partial charge in [0.2, 0.25) is 5.91 Å². The molecule has 2 aromatic carbocycles. The molecule has 0 saturated carbocycles. The molecule has 148 valence electrons. The van der Waals surface area contributed by atoms with Crippen LogP contribution in [0.3, 0.4) is 0 Å². The first-order valence-corrected chi connectivity index (χ1v) is 9.91. The average molecular weight is 380 g/mol. The Bertz CT molecular complexity index is 756. The molecule has 1 aliphatic rings. The summed E-state index contributed by atoms with van der Waals surface area (Å²) in [6, 6.07) is 19.0. The summed E-state index contributed by atoms with van der Waals surface area (Å²) < 4.78 is 5.98. The lowest BCUT2D eigenvalue weighted by Crippen LogP contribution is -2.44. The van der Waals surface area contributed by atoms with Crippen molar-refractivity contribution >= 4 is 11.8 Å². The number of hydrogen-bond donors (Lipinski definition) is 1. The molecule has 1 saturated heterocycles. The van der Waals surface area contributed by atoms with Crippen LogP contribution in [-0.4, -0.2) is 41.9 Å². The zero-order valence-electron chi connectivity index (χ0n) is 16.3. The maximum absolute atomic E-state index is 12.5. The van der Waals surface area contributed by atoms with E-state index in [4.69, 9.17) is 4.74 Å². The number of nitrogens with zero attached hydrogens (tertiary/aromatic N) is 1. The van der Waals surface area contributed by atoms with Gasteiger partial charge in [0.25, 0.3) is 5.91 Å². The average Bonchev–Trinajstić information content (AvgIpc) is 2.74. The molecule has 0 aliphatic carbocycles. The molecule has 0 bridgehead atoms. The van der Waals surface area contributed by atoms with Gasteiger partial charge in [-0.15, -0.1) is 0 Å². The van der Waals surface area contributed by atoms with Crippen molar-refractivity contribution in [1.29, 1.82) is 0 Å². The lowest BCUT2D eigenvalue weighted by molar-refractivity contribution is -0.134. The van der Waals surface area contributed by atoms with Crippen LogP contribution >= 0.6 is 0 Å². The molecule has 1 N–H and O–H groups in total. The molecule has 1 unspecified atom stereocenters. The first-order valence-electron chi connectivity index (χ1n) is 9.91. The Kier molecular flexibility index (Phi) is 7.20. The van der Waals surface area contributed by atoms with Crippen molar-refractivity contribution < 1.29 is 14.3 Å². The molecule has 2 aromatic rings. The zero-order chi connectivity index (χ0) is 19.8. The van der Waals surface area contributed by atoms with Gasteiger partial charge in [0.15, 0.2) is 0 Å². The fourth-order valence-corrected chi connectivity index (χ4v) is 3.40. The number of piperidine rings is 1. The molecular formula is C23H28N2O3. The van der Waals surface area contributed by atoms with E-state index in [2.05, 4.69) is 17.4 Å². The number of carbonyl (C=O) groups is 2. The van der Waals surface area contributed by atoms with Crippen molar-refractivity contribution in [1.82, 2.24) is 10.2 Å². The van der Waals surface area contributed by atoms with Crippen LogP contribution in [-0.2, 0) is 16.1 Å². The lowest BCUT2D eigenvalue weighted by Gasteiger charge is -2.32. The fourth-order valence-electron chi connectivity index (χ4n) is 3.40. The molecule has 1 heterocycles. The molecule has 1 atom stereocenters. The number of ether oxygens (including phenoxy) is 1. The standard InChI is InChI=1S/C23H28N2O3/c1-18(24-23(27)20-10-6-3-7-11-20)16-22(26)25-14-12-21(13-15-25)28-17-19-8-4-2-5-9-19/h2-11,18,21H,12-17H2,1H3,(H,24,27). The quantitative estimate of drug-likeness (QED) is 0.801. The van der Waals surface area contributed by atoms with E-state index in [-0.39, 0.29) is 24.0 Å². The van der Waals surface area contributed by atoms with Crippen LogP contribution in [0.5, 0.6) is 0 Å². The van der Waals surface area contributed by atoms with Crippen LogP contribution in [0.25, 0.3) is 0 Å². The Hall–Kier alpha value is -2.66. The first-order chi connectivity index (χ1) is 13.6. The Morgan fingerprint density at radius 2 is 1.64 bits per heavy atom. The van der Waals surface area contributed by atoms with E-state index in [0.717, 1.165) is 12.8 Å². The fraction of sp³-hybridized carbons (Fsp3) is 0.391. The smallest absolute Gasteiger partial charge is 0.251 e. The van der Waals surface area contributed by atoms with Gasteiger partial charge in [-0.3, -0.25) is 9.59 Å².